The van der Waals surface area contributed by atoms with Crippen LogP contribution < -0.4 is 5.32 Å². The third kappa shape index (κ3) is 6.33. The number of rotatable bonds is 6. The lowest BCUT2D eigenvalue weighted by atomic mass is 10.1. The summed E-state index contributed by atoms with van der Waals surface area (Å²) in [6, 6.07) is 6.56. The van der Waals surface area contributed by atoms with Crippen molar-refractivity contribution >= 4 is 68.1 Å². The first kappa shape index (κ1) is 31.2. The van der Waals surface area contributed by atoms with Crippen LogP contribution in [0.15, 0.2) is 29.3 Å². The first-order chi connectivity index (χ1) is 19.7. The van der Waals surface area contributed by atoms with Crippen molar-refractivity contribution < 1.29 is 22.7 Å². The van der Waals surface area contributed by atoms with Gasteiger partial charge < -0.3 is 24.8 Å². The molecule has 2 amide bonds. The quantitative estimate of drug-likeness (QED) is 0.418. The van der Waals surface area contributed by atoms with Crippen LogP contribution in [0, 0.1) is 0 Å². The van der Waals surface area contributed by atoms with Gasteiger partial charge in [-0.05, 0) is 37.6 Å². The number of hydrogen-bond donors (Lipinski definition) is 2. The fraction of sp³-hybridized carbons (Fsp3) is 0.519. The van der Waals surface area contributed by atoms with E-state index in [2.05, 4.69) is 22.2 Å². The van der Waals surface area contributed by atoms with Crippen LogP contribution in [0.5, 0.6) is 0 Å². The maximum atomic E-state index is 13.8. The summed E-state index contributed by atoms with van der Waals surface area (Å²) in [5, 5.41) is 5.12. The van der Waals surface area contributed by atoms with E-state index in [0.29, 0.717) is 66.2 Å². The summed E-state index contributed by atoms with van der Waals surface area (Å²) in [6.45, 7) is 5.29. The minimum atomic E-state index is -3.89. The normalized spacial score (nSPS) is 21.7. The second kappa shape index (κ2) is 12.8. The SMILES string of the molecule is CC1Cc2nc(C(=O)N3CCN(S(=O)(=O)c4cc5cc(Cl)ccc5[nH]4)CC3CCC(=O)N3CCOCC3)sc2CN1.Cl. The number of sulfonamides is 1. The highest BCUT2D eigenvalue weighted by Gasteiger charge is 2.39. The number of carbonyl (C=O) groups is 2. The van der Waals surface area contributed by atoms with Crippen molar-refractivity contribution in [1.82, 2.24) is 29.4 Å². The second-order valence-electron chi connectivity index (χ2n) is 10.8. The van der Waals surface area contributed by atoms with E-state index in [4.69, 9.17) is 16.3 Å². The maximum absolute atomic E-state index is 13.8. The number of aromatic amines is 1. The zero-order chi connectivity index (χ0) is 28.7. The van der Waals surface area contributed by atoms with Gasteiger partial charge >= 0.3 is 0 Å². The predicted molar refractivity (Wildman–Crippen MR) is 163 cm³/mol. The molecule has 2 saturated heterocycles. The number of morpholine rings is 1. The van der Waals surface area contributed by atoms with Crippen LogP contribution in [0.3, 0.4) is 0 Å². The van der Waals surface area contributed by atoms with Crippen molar-refractivity contribution in [3.8, 4) is 0 Å². The van der Waals surface area contributed by atoms with Crippen LogP contribution in [-0.4, -0.2) is 102 Å². The summed E-state index contributed by atoms with van der Waals surface area (Å²) >= 11 is 7.50. The number of ether oxygens (including phenoxy) is 1. The number of carbonyl (C=O) groups excluding carboxylic acids is 2. The Bertz CT molecular complexity index is 1570. The van der Waals surface area contributed by atoms with Gasteiger partial charge in [0.15, 0.2) is 5.01 Å². The van der Waals surface area contributed by atoms with Gasteiger partial charge in [0.1, 0.15) is 5.03 Å². The topological polar surface area (TPSA) is 128 Å². The van der Waals surface area contributed by atoms with Crippen LogP contribution in [0.25, 0.3) is 10.9 Å². The van der Waals surface area contributed by atoms with Crippen LogP contribution in [-0.2, 0) is 32.5 Å². The number of nitrogens with zero attached hydrogens (tertiary/aromatic N) is 4. The van der Waals surface area contributed by atoms with Gasteiger partial charge in [0.25, 0.3) is 15.9 Å². The Morgan fingerprint density at radius 3 is 2.74 bits per heavy atom. The summed E-state index contributed by atoms with van der Waals surface area (Å²) in [7, 11) is -3.89. The summed E-state index contributed by atoms with van der Waals surface area (Å²) < 4.78 is 34.2. The molecule has 15 heteroatoms. The van der Waals surface area contributed by atoms with Crippen molar-refractivity contribution in [1.29, 1.82) is 0 Å². The van der Waals surface area contributed by atoms with Crippen LogP contribution in [0.2, 0.25) is 5.02 Å². The molecule has 0 saturated carbocycles. The Hall–Kier alpha value is -2.26. The van der Waals surface area contributed by atoms with E-state index >= 15 is 0 Å². The molecular formula is C27H34Cl2N6O5S2. The standard InChI is InChI=1S/C27H33ClN6O5S2.ClH/c1-17-12-22-23(15-29-17)40-26(31-22)27(36)34-7-6-33(16-20(34)3-5-25(35)32-8-10-39-11-9-32)41(37,38)24-14-18-13-19(28)2-4-21(18)30-24;/h2,4,13-14,17,20,29-30H,3,5-12,15-16H2,1H3;1H. The average Bonchev–Trinajstić information content (AvgIpc) is 3.60. The van der Waals surface area contributed by atoms with E-state index in [-0.39, 0.29) is 55.3 Å². The predicted octanol–water partition coefficient (Wildman–Crippen LogP) is 2.89. The molecule has 0 radical (unpaired) electrons. The lowest BCUT2D eigenvalue weighted by Crippen LogP contribution is -2.56. The van der Waals surface area contributed by atoms with Gasteiger partial charge in [0.05, 0.1) is 18.9 Å². The van der Waals surface area contributed by atoms with E-state index in [1.165, 1.54) is 15.6 Å². The Morgan fingerprint density at radius 2 is 1.95 bits per heavy atom. The summed E-state index contributed by atoms with van der Waals surface area (Å²) in [5.74, 6) is -0.226. The van der Waals surface area contributed by atoms with Gasteiger partial charge in [0.2, 0.25) is 5.91 Å². The molecular weight excluding hydrogens is 623 g/mol. The molecule has 2 atom stereocenters. The molecule has 228 valence electrons. The molecule has 5 heterocycles. The molecule has 6 rings (SSSR count). The molecule has 42 heavy (non-hydrogen) atoms. The summed E-state index contributed by atoms with van der Waals surface area (Å²) in [5.41, 5.74) is 1.62. The van der Waals surface area contributed by atoms with E-state index in [1.54, 1.807) is 34.1 Å². The zero-order valence-corrected chi connectivity index (χ0v) is 26.4. The molecule has 3 aliphatic rings. The average molecular weight is 658 g/mol. The van der Waals surface area contributed by atoms with E-state index in [0.717, 1.165) is 17.0 Å². The molecule has 0 aliphatic carbocycles. The van der Waals surface area contributed by atoms with Gasteiger partial charge in [-0.25, -0.2) is 13.4 Å². The van der Waals surface area contributed by atoms with Crippen molar-refractivity contribution in [3.63, 3.8) is 0 Å². The number of piperazine rings is 1. The number of halogens is 2. The third-order valence-electron chi connectivity index (χ3n) is 8.01. The molecule has 2 aromatic heterocycles. The minimum Gasteiger partial charge on any atom is -0.378 e. The molecule has 3 aromatic rings. The first-order valence-electron chi connectivity index (χ1n) is 13.9. The second-order valence-corrected chi connectivity index (χ2v) is 14.2. The van der Waals surface area contributed by atoms with E-state index < -0.39 is 16.1 Å². The van der Waals surface area contributed by atoms with Gasteiger partial charge in [-0.15, -0.1) is 23.7 Å². The smallest absolute Gasteiger partial charge is 0.283 e. The van der Waals surface area contributed by atoms with Gasteiger partial charge in [0, 0.05) is 85.0 Å². The number of fused-ring (bicyclic) bond motifs is 2. The lowest BCUT2D eigenvalue weighted by Gasteiger charge is -2.40. The number of hydrogen-bond acceptors (Lipinski definition) is 8. The number of thiazole rings is 1. The van der Waals surface area contributed by atoms with Gasteiger partial charge in [-0.1, -0.05) is 11.6 Å². The molecule has 1 aromatic carbocycles. The monoisotopic (exact) mass is 656 g/mol. The number of H-pyrrole nitrogens is 1. The first-order valence-corrected chi connectivity index (χ1v) is 16.5. The van der Waals surface area contributed by atoms with Crippen molar-refractivity contribution in [2.24, 2.45) is 0 Å². The van der Waals surface area contributed by atoms with E-state index in [9.17, 15) is 18.0 Å². The molecule has 2 fully saturated rings. The Kier molecular flexibility index (Phi) is 9.48. The molecule has 3 aliphatic heterocycles. The highest BCUT2D eigenvalue weighted by molar-refractivity contribution is 7.89. The Morgan fingerprint density at radius 1 is 1.17 bits per heavy atom. The third-order valence-corrected chi connectivity index (χ3v) is 11.1. The van der Waals surface area contributed by atoms with Gasteiger partial charge in [-0.2, -0.15) is 4.31 Å². The number of nitrogens with one attached hydrogen (secondary N) is 2. The van der Waals surface area contributed by atoms with Crippen LogP contribution in [0.4, 0.5) is 0 Å². The zero-order valence-electron chi connectivity index (χ0n) is 23.2. The lowest BCUT2D eigenvalue weighted by molar-refractivity contribution is -0.135. The summed E-state index contributed by atoms with van der Waals surface area (Å²) in [4.78, 5) is 39.0. The van der Waals surface area contributed by atoms with Crippen molar-refractivity contribution in [2.45, 2.75) is 49.8 Å². The van der Waals surface area contributed by atoms with Crippen LogP contribution in [0.1, 0.15) is 40.1 Å². The maximum Gasteiger partial charge on any atom is 0.283 e. The molecule has 2 N–H and O–H groups in total. The molecule has 0 spiro atoms. The van der Waals surface area contributed by atoms with E-state index in [1.807, 2.05) is 0 Å². The fourth-order valence-corrected chi connectivity index (χ4v) is 8.36. The highest BCUT2D eigenvalue weighted by atomic mass is 35.5. The number of aromatic nitrogens is 2. The molecule has 2 unspecified atom stereocenters. The minimum absolute atomic E-state index is 0. The summed E-state index contributed by atoms with van der Waals surface area (Å²) in [6.07, 6.45) is 1.32. The van der Waals surface area contributed by atoms with Crippen molar-refractivity contribution in [2.75, 3.05) is 45.9 Å². The molecule has 0 bridgehead atoms. The fourth-order valence-electron chi connectivity index (χ4n) is 5.70. The van der Waals surface area contributed by atoms with Crippen LogP contribution >= 0.6 is 35.3 Å². The van der Waals surface area contributed by atoms with Crippen molar-refractivity contribution in [3.05, 3.63) is 44.9 Å². The Labute approximate surface area is 260 Å². The van der Waals surface area contributed by atoms with Gasteiger partial charge in [-0.3, -0.25) is 9.59 Å². The Balaban J connectivity index is 0.00000353. The molecule has 11 nitrogen and oxygen atoms in total. The number of amides is 2. The number of benzene rings is 1. The highest BCUT2D eigenvalue weighted by Crippen LogP contribution is 2.29. The largest absolute Gasteiger partial charge is 0.378 e.